The number of nitrogens with two attached hydrogens (primary N) is 1. The van der Waals surface area contributed by atoms with Crippen molar-refractivity contribution >= 4 is 15.5 Å². The molecule has 0 amide bonds. The Kier molecular flexibility index (Phi) is 4.21. The predicted molar refractivity (Wildman–Crippen MR) is 69.8 cm³/mol. The van der Waals surface area contributed by atoms with Crippen molar-refractivity contribution in [1.29, 1.82) is 0 Å². The summed E-state index contributed by atoms with van der Waals surface area (Å²) in [6.45, 7) is 4.90. The fourth-order valence-electron chi connectivity index (χ4n) is 1.22. The lowest BCUT2D eigenvalue weighted by molar-refractivity contribution is 0.341. The molecule has 1 aromatic rings. The Balaban J connectivity index is 2.63. The molecular weight excluding hydrogens is 257 g/mol. The number of hydrogen-bond acceptors (Lipinski definition) is 4. The van der Waals surface area contributed by atoms with Crippen molar-refractivity contribution < 1.29 is 17.5 Å². The largest absolute Gasteiger partial charge is 0.490 e. The summed E-state index contributed by atoms with van der Waals surface area (Å²) in [5.74, 6) is -0.268. The van der Waals surface area contributed by atoms with Gasteiger partial charge in [0.2, 0.25) is 0 Å². The molecule has 0 saturated carbocycles. The molecule has 2 N–H and O–H groups in total. The van der Waals surface area contributed by atoms with Crippen LogP contribution < -0.4 is 10.5 Å². The lowest BCUT2D eigenvalue weighted by Crippen LogP contribution is -2.32. The summed E-state index contributed by atoms with van der Waals surface area (Å²) in [6.07, 6.45) is 0. The molecule has 1 aromatic carbocycles. The third kappa shape index (κ3) is 3.60. The molecule has 0 fully saturated rings. The van der Waals surface area contributed by atoms with Crippen LogP contribution in [0.1, 0.15) is 20.8 Å². The van der Waals surface area contributed by atoms with Gasteiger partial charge < -0.3 is 10.5 Å². The Labute approximate surface area is 107 Å². The van der Waals surface area contributed by atoms with E-state index in [2.05, 4.69) is 0 Å². The summed E-state index contributed by atoms with van der Waals surface area (Å²) in [5, 5.41) is 0. The maximum absolute atomic E-state index is 12.8. The number of ether oxygens (including phenoxy) is 1. The van der Waals surface area contributed by atoms with Gasteiger partial charge in [0, 0.05) is 6.07 Å². The molecule has 0 heterocycles. The zero-order valence-corrected chi connectivity index (χ0v) is 11.6. The number of halogens is 1. The average molecular weight is 275 g/mol. The standard InChI is InChI=1S/C12H18FNO3S/c1-12(2,3)18(15,16)7-6-17-11-5-4-9(13)8-10(11)14/h4-5,8H,6-7,14H2,1-3H3. The molecule has 0 aliphatic rings. The van der Waals surface area contributed by atoms with Gasteiger partial charge in [-0.25, -0.2) is 12.8 Å². The maximum Gasteiger partial charge on any atom is 0.158 e. The van der Waals surface area contributed by atoms with Gasteiger partial charge in [0.1, 0.15) is 18.2 Å². The second kappa shape index (κ2) is 5.14. The van der Waals surface area contributed by atoms with Crippen LogP contribution in [-0.2, 0) is 9.84 Å². The van der Waals surface area contributed by atoms with Gasteiger partial charge >= 0.3 is 0 Å². The van der Waals surface area contributed by atoms with E-state index in [1.165, 1.54) is 12.1 Å². The molecule has 0 unspecified atom stereocenters. The molecule has 0 aromatic heterocycles. The topological polar surface area (TPSA) is 69.4 Å². The molecule has 0 aliphatic carbocycles. The molecule has 18 heavy (non-hydrogen) atoms. The molecular formula is C12H18FNO3S. The number of nitrogen functional groups attached to an aromatic ring is 1. The normalized spacial score (nSPS) is 12.4. The van der Waals surface area contributed by atoms with Gasteiger partial charge in [-0.15, -0.1) is 0 Å². The Morgan fingerprint density at radius 2 is 1.94 bits per heavy atom. The fourth-order valence-corrected chi connectivity index (χ4v) is 2.13. The third-order valence-corrected chi connectivity index (χ3v) is 5.08. The van der Waals surface area contributed by atoms with Crippen molar-refractivity contribution in [3.63, 3.8) is 0 Å². The minimum atomic E-state index is -3.23. The van der Waals surface area contributed by atoms with E-state index in [1.807, 2.05) is 0 Å². The highest BCUT2D eigenvalue weighted by Gasteiger charge is 2.28. The van der Waals surface area contributed by atoms with Gasteiger partial charge in [-0.1, -0.05) is 0 Å². The highest BCUT2D eigenvalue weighted by Crippen LogP contribution is 2.22. The van der Waals surface area contributed by atoms with Gasteiger partial charge in [0.05, 0.1) is 16.2 Å². The first-order valence-corrected chi connectivity index (χ1v) is 7.19. The number of anilines is 1. The first-order valence-electron chi connectivity index (χ1n) is 5.53. The van der Waals surface area contributed by atoms with E-state index in [-0.39, 0.29) is 18.0 Å². The van der Waals surface area contributed by atoms with E-state index < -0.39 is 20.4 Å². The Morgan fingerprint density at radius 3 is 2.44 bits per heavy atom. The van der Waals surface area contributed by atoms with Crippen molar-refractivity contribution in [3.05, 3.63) is 24.0 Å². The fraction of sp³-hybridized carbons (Fsp3) is 0.500. The average Bonchev–Trinajstić information content (AvgIpc) is 2.19. The van der Waals surface area contributed by atoms with Crippen LogP contribution in [0.5, 0.6) is 5.75 Å². The van der Waals surface area contributed by atoms with Crippen molar-refractivity contribution in [2.75, 3.05) is 18.1 Å². The molecule has 0 atom stereocenters. The van der Waals surface area contributed by atoms with E-state index in [4.69, 9.17) is 10.5 Å². The summed E-state index contributed by atoms with van der Waals surface area (Å²) in [5.41, 5.74) is 5.70. The third-order valence-electron chi connectivity index (χ3n) is 2.51. The van der Waals surface area contributed by atoms with Crippen LogP contribution in [0.15, 0.2) is 18.2 Å². The van der Waals surface area contributed by atoms with Gasteiger partial charge in [0.25, 0.3) is 0 Å². The van der Waals surface area contributed by atoms with Crippen LogP contribution in [0.25, 0.3) is 0 Å². The molecule has 0 saturated heterocycles. The Morgan fingerprint density at radius 1 is 1.33 bits per heavy atom. The van der Waals surface area contributed by atoms with E-state index in [1.54, 1.807) is 20.8 Å². The zero-order chi connectivity index (χ0) is 14.0. The smallest absolute Gasteiger partial charge is 0.158 e. The van der Waals surface area contributed by atoms with Gasteiger partial charge in [0.15, 0.2) is 9.84 Å². The minimum Gasteiger partial charge on any atom is -0.490 e. The summed E-state index contributed by atoms with van der Waals surface area (Å²) in [7, 11) is -3.23. The summed E-state index contributed by atoms with van der Waals surface area (Å²) in [6, 6.07) is 3.73. The summed E-state index contributed by atoms with van der Waals surface area (Å²) in [4.78, 5) is 0. The van der Waals surface area contributed by atoms with Crippen LogP contribution in [0, 0.1) is 5.82 Å². The molecule has 6 heteroatoms. The van der Waals surface area contributed by atoms with E-state index in [9.17, 15) is 12.8 Å². The Bertz CT molecular complexity index is 521. The second-order valence-electron chi connectivity index (χ2n) is 4.96. The first kappa shape index (κ1) is 14.8. The predicted octanol–water partition coefficient (Wildman–Crippen LogP) is 2.00. The number of sulfone groups is 1. The number of rotatable bonds is 4. The van der Waals surface area contributed by atoms with Crippen molar-refractivity contribution in [2.45, 2.75) is 25.5 Å². The summed E-state index contributed by atoms with van der Waals surface area (Å²) < 4.78 is 40.8. The quantitative estimate of drug-likeness (QED) is 0.853. The molecule has 102 valence electrons. The highest BCUT2D eigenvalue weighted by molar-refractivity contribution is 7.92. The molecule has 0 radical (unpaired) electrons. The van der Waals surface area contributed by atoms with Crippen molar-refractivity contribution in [1.82, 2.24) is 0 Å². The summed E-state index contributed by atoms with van der Waals surface area (Å²) >= 11 is 0. The minimum absolute atomic E-state index is 0.00453. The SMILES string of the molecule is CC(C)(C)S(=O)(=O)CCOc1ccc(F)cc1N. The van der Waals surface area contributed by atoms with E-state index in [0.717, 1.165) is 6.07 Å². The van der Waals surface area contributed by atoms with Gasteiger partial charge in [-0.05, 0) is 32.9 Å². The molecule has 0 bridgehead atoms. The second-order valence-corrected chi connectivity index (χ2v) is 7.82. The molecule has 1 rings (SSSR count). The van der Waals surface area contributed by atoms with Crippen molar-refractivity contribution in [2.24, 2.45) is 0 Å². The lowest BCUT2D eigenvalue weighted by Gasteiger charge is -2.19. The van der Waals surface area contributed by atoms with Crippen LogP contribution in [0.4, 0.5) is 10.1 Å². The molecule has 0 aliphatic heterocycles. The number of benzene rings is 1. The zero-order valence-electron chi connectivity index (χ0n) is 10.7. The van der Waals surface area contributed by atoms with Gasteiger partial charge in [-0.3, -0.25) is 0 Å². The van der Waals surface area contributed by atoms with E-state index in [0.29, 0.717) is 5.75 Å². The van der Waals surface area contributed by atoms with E-state index >= 15 is 0 Å². The highest BCUT2D eigenvalue weighted by atomic mass is 32.2. The molecule has 0 spiro atoms. The van der Waals surface area contributed by atoms with Crippen LogP contribution >= 0.6 is 0 Å². The first-order chi connectivity index (χ1) is 8.13. The van der Waals surface area contributed by atoms with Crippen LogP contribution in [-0.4, -0.2) is 25.5 Å². The van der Waals surface area contributed by atoms with Crippen molar-refractivity contribution in [3.8, 4) is 5.75 Å². The lowest BCUT2D eigenvalue weighted by atomic mass is 10.3. The van der Waals surface area contributed by atoms with Gasteiger partial charge in [-0.2, -0.15) is 0 Å². The molecule has 4 nitrogen and oxygen atoms in total. The van der Waals surface area contributed by atoms with Crippen LogP contribution in [0.2, 0.25) is 0 Å². The Hall–Kier alpha value is -1.30. The van der Waals surface area contributed by atoms with Crippen LogP contribution in [0.3, 0.4) is 0 Å². The monoisotopic (exact) mass is 275 g/mol. The number of hydrogen-bond donors (Lipinski definition) is 1. The maximum atomic E-state index is 12.8.